The number of benzene rings is 2. The molecule has 5 N–H and O–H groups in total. The first-order chi connectivity index (χ1) is 9.99. The van der Waals surface area contributed by atoms with Crippen molar-refractivity contribution in [2.75, 3.05) is 5.32 Å². The van der Waals surface area contributed by atoms with Crippen LogP contribution in [0.25, 0.3) is 10.8 Å². The van der Waals surface area contributed by atoms with Gasteiger partial charge in [-0.25, -0.2) is 0 Å². The largest absolute Gasteiger partial charge is 0.507 e. The van der Waals surface area contributed by atoms with E-state index in [1.165, 1.54) is 6.07 Å². The number of amides is 1. The Labute approximate surface area is 121 Å². The number of carbonyl (C=O) groups excluding carboxylic acids is 1. The van der Waals surface area contributed by atoms with E-state index in [2.05, 4.69) is 5.32 Å². The lowest BCUT2D eigenvalue weighted by Gasteiger charge is -2.10. The number of carbonyl (C=O) groups is 2. The second kappa shape index (κ2) is 6.23. The van der Waals surface area contributed by atoms with Crippen LogP contribution in [-0.2, 0) is 9.59 Å². The van der Waals surface area contributed by atoms with Crippen molar-refractivity contribution in [3.05, 3.63) is 36.4 Å². The molecule has 2 aromatic rings. The number of anilines is 1. The molecule has 2 aromatic carbocycles. The Morgan fingerprint density at radius 1 is 1.14 bits per heavy atom. The predicted octanol–water partition coefficient (Wildman–Crippen LogP) is 1.68. The van der Waals surface area contributed by atoms with E-state index in [-0.39, 0.29) is 24.5 Å². The number of fused-ring (bicyclic) bond motifs is 1. The van der Waals surface area contributed by atoms with Gasteiger partial charge in [-0.15, -0.1) is 0 Å². The van der Waals surface area contributed by atoms with Crippen molar-refractivity contribution in [1.29, 1.82) is 0 Å². The molecule has 0 bridgehead atoms. The molecule has 0 saturated heterocycles. The van der Waals surface area contributed by atoms with Crippen LogP contribution < -0.4 is 11.1 Å². The van der Waals surface area contributed by atoms with Gasteiger partial charge in [0.05, 0.1) is 0 Å². The Morgan fingerprint density at radius 2 is 1.81 bits per heavy atom. The minimum atomic E-state index is -1.13. The highest BCUT2D eigenvalue weighted by Gasteiger charge is 2.14. The summed E-state index contributed by atoms with van der Waals surface area (Å²) in [5, 5.41) is 22.5. The molecule has 21 heavy (non-hydrogen) atoms. The lowest BCUT2D eigenvalue weighted by molar-refractivity contribution is -0.138. The number of aromatic hydroxyl groups is 1. The molecule has 1 atom stereocenters. The Bertz CT molecular complexity index is 684. The first kappa shape index (κ1) is 14.8. The number of phenols is 1. The molecule has 110 valence electrons. The summed E-state index contributed by atoms with van der Waals surface area (Å²) in [5.74, 6) is -1.31. The van der Waals surface area contributed by atoms with Crippen LogP contribution in [0.4, 0.5) is 5.69 Å². The standard InChI is InChI=1S/C15H16N2O4/c16-11(15(20)21)5-8-14(19)17-12-6-7-13(18)10-4-2-1-3-9(10)12/h1-4,6-7,11,18H,5,8,16H2,(H,17,19)(H,20,21)/t11-/m0/s1. The van der Waals surface area contributed by atoms with Gasteiger partial charge in [0.25, 0.3) is 0 Å². The molecule has 6 nitrogen and oxygen atoms in total. The van der Waals surface area contributed by atoms with Crippen molar-refractivity contribution >= 4 is 28.3 Å². The summed E-state index contributed by atoms with van der Waals surface area (Å²) in [4.78, 5) is 22.4. The van der Waals surface area contributed by atoms with Crippen LogP contribution in [0.3, 0.4) is 0 Å². The maximum absolute atomic E-state index is 11.8. The molecule has 0 unspecified atom stereocenters. The van der Waals surface area contributed by atoms with Gasteiger partial charge in [0.2, 0.25) is 5.91 Å². The molecule has 2 rings (SSSR count). The van der Waals surface area contributed by atoms with Gasteiger partial charge in [-0.3, -0.25) is 9.59 Å². The monoisotopic (exact) mass is 288 g/mol. The van der Waals surface area contributed by atoms with E-state index in [9.17, 15) is 14.7 Å². The summed E-state index contributed by atoms with van der Waals surface area (Å²) in [6.07, 6.45) is 0.0832. The molecular weight excluding hydrogens is 272 g/mol. The van der Waals surface area contributed by atoms with Gasteiger partial charge in [0.15, 0.2) is 0 Å². The lowest BCUT2D eigenvalue weighted by atomic mass is 10.1. The zero-order valence-electron chi connectivity index (χ0n) is 11.2. The molecule has 0 fully saturated rings. The summed E-state index contributed by atoms with van der Waals surface area (Å²) in [6, 6.07) is 9.19. The Hall–Kier alpha value is -2.60. The normalized spacial score (nSPS) is 12.0. The maximum Gasteiger partial charge on any atom is 0.320 e. The molecule has 1 amide bonds. The van der Waals surface area contributed by atoms with Gasteiger partial charge in [-0.2, -0.15) is 0 Å². The van der Waals surface area contributed by atoms with E-state index in [1.54, 1.807) is 30.3 Å². The van der Waals surface area contributed by atoms with Crippen LogP contribution in [0.1, 0.15) is 12.8 Å². The van der Waals surface area contributed by atoms with Crippen LogP contribution in [-0.4, -0.2) is 28.1 Å². The molecular formula is C15H16N2O4. The van der Waals surface area contributed by atoms with Gasteiger partial charge < -0.3 is 21.3 Å². The zero-order chi connectivity index (χ0) is 15.4. The van der Waals surface area contributed by atoms with Gasteiger partial charge in [-0.05, 0) is 18.6 Å². The first-order valence-corrected chi connectivity index (χ1v) is 6.48. The van der Waals surface area contributed by atoms with Gasteiger partial charge >= 0.3 is 5.97 Å². The van der Waals surface area contributed by atoms with Crippen molar-refractivity contribution < 1.29 is 19.8 Å². The molecule has 0 radical (unpaired) electrons. The quantitative estimate of drug-likeness (QED) is 0.625. The summed E-state index contributed by atoms with van der Waals surface area (Å²) in [6.45, 7) is 0. The third-order valence-electron chi connectivity index (χ3n) is 3.17. The average molecular weight is 288 g/mol. The van der Waals surface area contributed by atoms with Crippen molar-refractivity contribution in [3.8, 4) is 5.75 Å². The first-order valence-electron chi connectivity index (χ1n) is 6.48. The second-order valence-corrected chi connectivity index (χ2v) is 4.71. The van der Waals surface area contributed by atoms with Crippen LogP contribution >= 0.6 is 0 Å². The summed E-state index contributed by atoms with van der Waals surface area (Å²) in [7, 11) is 0. The number of rotatable bonds is 5. The molecule has 0 aliphatic heterocycles. The van der Waals surface area contributed by atoms with E-state index in [4.69, 9.17) is 10.8 Å². The summed E-state index contributed by atoms with van der Waals surface area (Å²) < 4.78 is 0. The molecule has 6 heteroatoms. The highest BCUT2D eigenvalue weighted by atomic mass is 16.4. The fourth-order valence-electron chi connectivity index (χ4n) is 2.01. The number of hydrogen-bond donors (Lipinski definition) is 4. The van der Waals surface area contributed by atoms with Crippen molar-refractivity contribution in [2.45, 2.75) is 18.9 Å². The number of nitrogens with two attached hydrogens (primary N) is 1. The van der Waals surface area contributed by atoms with Crippen LogP contribution in [0, 0.1) is 0 Å². The minimum Gasteiger partial charge on any atom is -0.507 e. The SMILES string of the molecule is N[C@@H](CCC(=O)Nc1ccc(O)c2ccccc12)C(=O)O. The fourth-order valence-corrected chi connectivity index (χ4v) is 2.01. The summed E-state index contributed by atoms with van der Waals surface area (Å²) in [5.41, 5.74) is 5.92. The van der Waals surface area contributed by atoms with Gasteiger partial charge in [0.1, 0.15) is 11.8 Å². The number of nitrogens with one attached hydrogen (secondary N) is 1. The van der Waals surface area contributed by atoms with E-state index in [0.717, 1.165) is 0 Å². The molecule has 0 aliphatic carbocycles. The topological polar surface area (TPSA) is 113 Å². The highest BCUT2D eigenvalue weighted by Crippen LogP contribution is 2.30. The van der Waals surface area contributed by atoms with Crippen LogP contribution in [0.2, 0.25) is 0 Å². The Balaban J connectivity index is 2.11. The minimum absolute atomic E-state index is 0.0165. The zero-order valence-corrected chi connectivity index (χ0v) is 11.2. The predicted molar refractivity (Wildman–Crippen MR) is 79.1 cm³/mol. The Kier molecular flexibility index (Phi) is 4.39. The smallest absolute Gasteiger partial charge is 0.320 e. The van der Waals surface area contributed by atoms with Crippen molar-refractivity contribution in [3.63, 3.8) is 0 Å². The van der Waals surface area contributed by atoms with Gasteiger partial charge in [0, 0.05) is 22.9 Å². The number of aliphatic carboxylic acids is 1. The lowest BCUT2D eigenvalue weighted by Crippen LogP contribution is -2.31. The van der Waals surface area contributed by atoms with E-state index in [1.807, 2.05) is 0 Å². The molecule has 0 aromatic heterocycles. The van der Waals surface area contributed by atoms with Gasteiger partial charge in [-0.1, -0.05) is 24.3 Å². The maximum atomic E-state index is 11.8. The number of hydrogen-bond acceptors (Lipinski definition) is 4. The third-order valence-corrected chi connectivity index (χ3v) is 3.17. The number of carboxylic acids is 1. The molecule has 0 saturated carbocycles. The fraction of sp³-hybridized carbons (Fsp3) is 0.200. The highest BCUT2D eigenvalue weighted by molar-refractivity contribution is 6.04. The summed E-state index contributed by atoms with van der Waals surface area (Å²) >= 11 is 0. The Morgan fingerprint density at radius 3 is 2.48 bits per heavy atom. The molecule has 0 aliphatic rings. The number of phenolic OH excluding ortho intramolecular Hbond substituents is 1. The molecule has 0 spiro atoms. The van der Waals surface area contributed by atoms with Crippen molar-refractivity contribution in [2.24, 2.45) is 5.73 Å². The third kappa shape index (κ3) is 3.49. The number of carboxylic acid groups (broad SMARTS) is 1. The van der Waals surface area contributed by atoms with Crippen LogP contribution in [0.5, 0.6) is 5.75 Å². The van der Waals surface area contributed by atoms with Crippen LogP contribution in [0.15, 0.2) is 36.4 Å². The molecule has 0 heterocycles. The van der Waals surface area contributed by atoms with E-state index in [0.29, 0.717) is 16.5 Å². The second-order valence-electron chi connectivity index (χ2n) is 4.71. The van der Waals surface area contributed by atoms with E-state index < -0.39 is 12.0 Å². The van der Waals surface area contributed by atoms with E-state index >= 15 is 0 Å². The average Bonchev–Trinajstić information content (AvgIpc) is 2.48. The van der Waals surface area contributed by atoms with Crippen molar-refractivity contribution in [1.82, 2.24) is 0 Å².